The highest BCUT2D eigenvalue weighted by molar-refractivity contribution is 8.15. The molecule has 0 saturated carbocycles. The predicted molar refractivity (Wildman–Crippen MR) is 135 cm³/mol. The Morgan fingerprint density at radius 1 is 1.00 bits per heavy atom. The molecule has 1 fully saturated rings. The van der Waals surface area contributed by atoms with Crippen molar-refractivity contribution in [3.63, 3.8) is 0 Å². The van der Waals surface area contributed by atoms with Gasteiger partial charge in [0.2, 0.25) is 11.8 Å². The van der Waals surface area contributed by atoms with Gasteiger partial charge in [0, 0.05) is 12.1 Å². The molecule has 1 heterocycles. The molecule has 2 amide bonds. The zero-order valence-electron chi connectivity index (χ0n) is 18.9. The number of carbonyl (C=O) groups is 2. The van der Waals surface area contributed by atoms with Gasteiger partial charge >= 0.3 is 0 Å². The van der Waals surface area contributed by atoms with Gasteiger partial charge in [-0.2, -0.15) is 0 Å². The van der Waals surface area contributed by atoms with E-state index < -0.39 is 5.25 Å². The summed E-state index contributed by atoms with van der Waals surface area (Å²) in [6.07, 6.45) is 0.0738. The van der Waals surface area contributed by atoms with E-state index in [-0.39, 0.29) is 18.2 Å². The third-order valence-corrected chi connectivity index (χ3v) is 6.43. The number of amides is 2. The Balaban J connectivity index is 1.60. The maximum atomic E-state index is 13.2. The van der Waals surface area contributed by atoms with Gasteiger partial charge in [-0.05, 0) is 42.0 Å². The highest BCUT2D eigenvalue weighted by atomic mass is 32.2. The smallest absolute Gasteiger partial charge is 0.238 e. The van der Waals surface area contributed by atoms with Gasteiger partial charge in [-0.25, -0.2) is 4.99 Å². The molecular weight excluding hydrogens is 450 g/mol. The Bertz CT molecular complexity index is 1190. The fourth-order valence-electron chi connectivity index (χ4n) is 3.52. The van der Waals surface area contributed by atoms with Crippen LogP contribution < -0.4 is 14.8 Å². The van der Waals surface area contributed by atoms with Crippen molar-refractivity contribution < 1.29 is 19.1 Å². The van der Waals surface area contributed by atoms with Crippen molar-refractivity contribution in [2.75, 3.05) is 19.5 Å². The molecule has 1 aliphatic rings. The van der Waals surface area contributed by atoms with E-state index in [2.05, 4.69) is 5.32 Å². The highest BCUT2D eigenvalue weighted by Crippen LogP contribution is 2.33. The largest absolute Gasteiger partial charge is 0.493 e. The maximum absolute atomic E-state index is 13.2. The van der Waals surface area contributed by atoms with E-state index in [1.807, 2.05) is 72.8 Å². The van der Waals surface area contributed by atoms with E-state index in [1.54, 1.807) is 25.2 Å². The molecule has 0 aliphatic carbocycles. The molecule has 7 nitrogen and oxygen atoms in total. The number of ether oxygens (including phenoxy) is 2. The van der Waals surface area contributed by atoms with E-state index in [9.17, 15) is 9.59 Å². The average molecular weight is 476 g/mol. The number of nitrogens with zero attached hydrogens (tertiary/aromatic N) is 2. The molecule has 4 rings (SSSR count). The molecule has 8 heteroatoms. The minimum Gasteiger partial charge on any atom is -0.493 e. The number of carbonyl (C=O) groups excluding carboxylic acids is 2. The molecule has 174 valence electrons. The number of hydrogen-bond donors (Lipinski definition) is 1. The molecular formula is C26H25N3O4S. The number of benzene rings is 3. The van der Waals surface area contributed by atoms with Crippen LogP contribution in [0.15, 0.2) is 83.9 Å². The fraction of sp³-hybridized carbons (Fsp3) is 0.192. The molecule has 0 aromatic heterocycles. The topological polar surface area (TPSA) is 80.2 Å². The normalized spacial score (nSPS) is 16.9. The number of para-hydroxylation sites is 2. The van der Waals surface area contributed by atoms with Gasteiger partial charge in [0.15, 0.2) is 16.7 Å². The Morgan fingerprint density at radius 2 is 1.68 bits per heavy atom. The standard InChI is InChI=1S/C26H25N3O4S/c1-32-21-14-13-18(15-22(21)33-2)17-29-24(30)16-23(25(31)27-19-9-5-3-6-10-19)34-26(29)28-20-11-7-4-8-12-20/h3-15,23H,16-17H2,1-2H3,(H,27,31). The van der Waals surface area contributed by atoms with Gasteiger partial charge in [0.05, 0.1) is 26.5 Å². The lowest BCUT2D eigenvalue weighted by molar-refractivity contribution is -0.129. The Morgan fingerprint density at radius 3 is 2.35 bits per heavy atom. The summed E-state index contributed by atoms with van der Waals surface area (Å²) in [5, 5.41) is 2.78. The van der Waals surface area contributed by atoms with Crippen molar-refractivity contribution in [1.29, 1.82) is 0 Å². The minimum atomic E-state index is -0.586. The summed E-state index contributed by atoms with van der Waals surface area (Å²) in [6.45, 7) is 0.297. The van der Waals surface area contributed by atoms with Gasteiger partial charge in [0.25, 0.3) is 0 Å². The monoisotopic (exact) mass is 475 g/mol. The Kier molecular flexibility index (Phi) is 7.49. The summed E-state index contributed by atoms with van der Waals surface area (Å²) in [7, 11) is 3.15. The van der Waals surface area contributed by atoms with Crippen LogP contribution in [0, 0.1) is 0 Å². The SMILES string of the molecule is COc1ccc(CN2C(=O)CC(C(=O)Nc3ccccc3)SC2=Nc2ccccc2)cc1OC. The molecule has 1 unspecified atom stereocenters. The summed E-state index contributed by atoms with van der Waals surface area (Å²) in [5.41, 5.74) is 2.26. The number of hydrogen-bond acceptors (Lipinski definition) is 6. The van der Waals surface area contributed by atoms with E-state index in [1.165, 1.54) is 11.8 Å². The zero-order valence-corrected chi connectivity index (χ0v) is 19.7. The van der Waals surface area contributed by atoms with Crippen LogP contribution in [0.5, 0.6) is 11.5 Å². The van der Waals surface area contributed by atoms with Crippen molar-refractivity contribution in [2.45, 2.75) is 18.2 Å². The van der Waals surface area contributed by atoms with Crippen molar-refractivity contribution in [2.24, 2.45) is 4.99 Å². The first-order valence-corrected chi connectivity index (χ1v) is 11.6. The van der Waals surface area contributed by atoms with Gasteiger partial charge in [-0.15, -0.1) is 0 Å². The molecule has 34 heavy (non-hydrogen) atoms. The third-order valence-electron chi connectivity index (χ3n) is 5.24. The van der Waals surface area contributed by atoms with Crippen LogP contribution in [0.3, 0.4) is 0 Å². The second kappa shape index (κ2) is 10.9. The fourth-order valence-corrected chi connectivity index (χ4v) is 4.61. The van der Waals surface area contributed by atoms with E-state index in [0.29, 0.717) is 34.6 Å². The molecule has 0 bridgehead atoms. The molecule has 0 spiro atoms. The number of anilines is 1. The lowest BCUT2D eigenvalue weighted by Gasteiger charge is -2.32. The summed E-state index contributed by atoms with van der Waals surface area (Å²) in [5.74, 6) is 0.799. The summed E-state index contributed by atoms with van der Waals surface area (Å²) in [6, 6.07) is 24.1. The number of amidine groups is 1. The second-order valence-electron chi connectivity index (χ2n) is 7.57. The first-order chi connectivity index (χ1) is 16.6. The first kappa shape index (κ1) is 23.4. The lowest BCUT2D eigenvalue weighted by atomic mass is 10.1. The van der Waals surface area contributed by atoms with Crippen LogP contribution in [0.25, 0.3) is 0 Å². The Labute approximate surface area is 202 Å². The lowest BCUT2D eigenvalue weighted by Crippen LogP contribution is -2.44. The van der Waals surface area contributed by atoms with Gasteiger partial charge in [-0.3, -0.25) is 14.5 Å². The van der Waals surface area contributed by atoms with Crippen molar-refractivity contribution in [1.82, 2.24) is 4.90 Å². The van der Waals surface area contributed by atoms with Crippen LogP contribution in [0.2, 0.25) is 0 Å². The average Bonchev–Trinajstić information content (AvgIpc) is 2.87. The minimum absolute atomic E-state index is 0.0738. The summed E-state index contributed by atoms with van der Waals surface area (Å²) < 4.78 is 10.7. The molecule has 0 radical (unpaired) electrons. The van der Waals surface area contributed by atoms with Crippen LogP contribution >= 0.6 is 11.8 Å². The molecule has 1 N–H and O–H groups in total. The molecule has 1 atom stereocenters. The van der Waals surface area contributed by atoms with Crippen LogP contribution in [-0.2, 0) is 16.1 Å². The molecule has 3 aromatic rings. The third kappa shape index (κ3) is 5.58. The Hall–Kier alpha value is -3.78. The van der Waals surface area contributed by atoms with E-state index in [4.69, 9.17) is 14.5 Å². The van der Waals surface area contributed by atoms with Crippen molar-refractivity contribution in [3.05, 3.63) is 84.4 Å². The summed E-state index contributed by atoms with van der Waals surface area (Å²) in [4.78, 5) is 32.5. The zero-order chi connectivity index (χ0) is 23.9. The molecule has 3 aromatic carbocycles. The number of rotatable bonds is 7. The van der Waals surface area contributed by atoms with Crippen LogP contribution in [0.4, 0.5) is 11.4 Å². The summed E-state index contributed by atoms with van der Waals surface area (Å²) >= 11 is 1.29. The van der Waals surface area contributed by atoms with E-state index in [0.717, 1.165) is 5.56 Å². The highest BCUT2D eigenvalue weighted by Gasteiger charge is 2.36. The number of methoxy groups -OCH3 is 2. The second-order valence-corrected chi connectivity index (χ2v) is 8.73. The maximum Gasteiger partial charge on any atom is 0.238 e. The molecule has 1 saturated heterocycles. The number of aliphatic imine (C=N–C) groups is 1. The van der Waals surface area contributed by atoms with Crippen LogP contribution in [-0.4, -0.2) is 41.4 Å². The number of thioether (sulfide) groups is 1. The molecule has 1 aliphatic heterocycles. The van der Waals surface area contributed by atoms with Gasteiger partial charge < -0.3 is 14.8 Å². The van der Waals surface area contributed by atoms with Crippen LogP contribution in [0.1, 0.15) is 12.0 Å². The van der Waals surface area contributed by atoms with E-state index >= 15 is 0 Å². The van der Waals surface area contributed by atoms with Crippen molar-refractivity contribution in [3.8, 4) is 11.5 Å². The predicted octanol–water partition coefficient (Wildman–Crippen LogP) is 4.86. The number of nitrogens with one attached hydrogen (secondary N) is 1. The van der Waals surface area contributed by atoms with Gasteiger partial charge in [-0.1, -0.05) is 54.2 Å². The van der Waals surface area contributed by atoms with Gasteiger partial charge in [0.1, 0.15) is 5.25 Å². The quantitative estimate of drug-likeness (QED) is 0.528. The van der Waals surface area contributed by atoms with Crippen molar-refractivity contribution >= 4 is 40.1 Å². The first-order valence-electron chi connectivity index (χ1n) is 10.7.